The minimum Gasteiger partial charge on any atom is -0.497 e. The highest BCUT2D eigenvalue weighted by Gasteiger charge is 2.26. The highest BCUT2D eigenvalue weighted by atomic mass is 32.1. The Morgan fingerprint density at radius 1 is 1.31 bits per heavy atom. The van der Waals surface area contributed by atoms with Crippen LogP contribution in [0.4, 0.5) is 0 Å². The molecule has 0 saturated carbocycles. The van der Waals surface area contributed by atoms with Crippen molar-refractivity contribution in [2.75, 3.05) is 26.8 Å². The maximum absolute atomic E-state index is 12.9. The zero-order valence-corrected chi connectivity index (χ0v) is 15.0. The van der Waals surface area contributed by atoms with Crippen LogP contribution in [0.2, 0.25) is 0 Å². The average Bonchev–Trinajstić information content (AvgIpc) is 3.06. The fourth-order valence-corrected chi connectivity index (χ4v) is 3.34. The zero-order chi connectivity index (χ0) is 18.1. The van der Waals surface area contributed by atoms with Crippen LogP contribution in [0, 0.1) is 4.84 Å². The van der Waals surface area contributed by atoms with E-state index in [1.807, 2.05) is 30.3 Å². The van der Waals surface area contributed by atoms with Crippen molar-refractivity contribution in [2.45, 2.75) is 6.10 Å². The third-order valence-electron chi connectivity index (χ3n) is 4.49. The van der Waals surface area contributed by atoms with Gasteiger partial charge in [-0.05, 0) is 48.1 Å². The van der Waals surface area contributed by atoms with Crippen molar-refractivity contribution in [1.82, 2.24) is 9.88 Å². The van der Waals surface area contributed by atoms with E-state index in [2.05, 4.69) is 4.98 Å². The quantitative estimate of drug-likeness (QED) is 0.712. The Labute approximate surface area is 155 Å². The summed E-state index contributed by atoms with van der Waals surface area (Å²) in [6.07, 6.45) is -0.178. The molecule has 0 unspecified atom stereocenters. The monoisotopic (exact) mass is 370 g/mol. The molecule has 1 N–H and O–H groups in total. The molecule has 0 radical (unpaired) electrons. The molecule has 0 spiro atoms. The Balaban J connectivity index is 1.56. The second-order valence-corrected chi connectivity index (χ2v) is 6.48. The molecule has 26 heavy (non-hydrogen) atoms. The summed E-state index contributed by atoms with van der Waals surface area (Å²) in [6, 6.07) is 13.0. The van der Waals surface area contributed by atoms with E-state index < -0.39 is 0 Å². The Bertz CT molecular complexity index is 1010. The summed E-state index contributed by atoms with van der Waals surface area (Å²) >= 11 is 4.99. The van der Waals surface area contributed by atoms with Gasteiger partial charge in [-0.1, -0.05) is 12.1 Å². The number of aromatic amines is 1. The maximum atomic E-state index is 12.9. The van der Waals surface area contributed by atoms with Crippen LogP contribution in [-0.4, -0.2) is 42.6 Å². The van der Waals surface area contributed by atoms with Gasteiger partial charge in [0.2, 0.25) is 0 Å². The van der Waals surface area contributed by atoms with Gasteiger partial charge in [0, 0.05) is 12.1 Å². The predicted molar refractivity (Wildman–Crippen MR) is 99.0 cm³/mol. The number of benzene rings is 2. The standard InChI is InChI=1S/C19H18N2O4S/c1-23-14-4-2-3-12(9-14)17-11-21(7-8-24-17)18(22)13-5-6-15-16(10-13)25-19(26)20-15/h2-6,9-10,17H,7-8,11H2,1H3,(H,20,26)/t17-/m0/s1. The lowest BCUT2D eigenvalue weighted by Gasteiger charge is -2.33. The van der Waals surface area contributed by atoms with Crippen LogP contribution in [0.5, 0.6) is 5.75 Å². The Morgan fingerprint density at radius 3 is 3.04 bits per heavy atom. The smallest absolute Gasteiger partial charge is 0.266 e. The van der Waals surface area contributed by atoms with E-state index in [0.29, 0.717) is 35.7 Å². The van der Waals surface area contributed by atoms with Gasteiger partial charge in [0.1, 0.15) is 11.9 Å². The van der Waals surface area contributed by atoms with Gasteiger partial charge in [-0.3, -0.25) is 4.79 Å². The molecule has 2 heterocycles. The van der Waals surface area contributed by atoms with Gasteiger partial charge in [-0.15, -0.1) is 0 Å². The fourth-order valence-electron chi connectivity index (χ4n) is 3.14. The molecule has 1 atom stereocenters. The Hall–Kier alpha value is -2.64. The molecule has 1 amide bonds. The second-order valence-electron chi connectivity index (χ2n) is 6.11. The average molecular weight is 370 g/mol. The number of ether oxygens (including phenoxy) is 2. The molecule has 6 nitrogen and oxygen atoms in total. The summed E-state index contributed by atoms with van der Waals surface area (Å²) in [5.74, 6) is 0.721. The maximum Gasteiger partial charge on any atom is 0.266 e. The first kappa shape index (κ1) is 16.8. The van der Waals surface area contributed by atoms with Crippen LogP contribution in [0.25, 0.3) is 11.1 Å². The highest BCUT2D eigenvalue weighted by molar-refractivity contribution is 7.71. The summed E-state index contributed by atoms with van der Waals surface area (Å²) in [4.78, 5) is 18.0. The number of methoxy groups -OCH3 is 1. The summed E-state index contributed by atoms with van der Waals surface area (Å²) in [5.41, 5.74) is 2.93. The highest BCUT2D eigenvalue weighted by Crippen LogP contribution is 2.26. The van der Waals surface area contributed by atoms with Crippen molar-refractivity contribution >= 4 is 29.2 Å². The lowest BCUT2D eigenvalue weighted by atomic mass is 10.1. The molecule has 0 aliphatic carbocycles. The van der Waals surface area contributed by atoms with E-state index in [0.717, 1.165) is 16.8 Å². The summed E-state index contributed by atoms with van der Waals surface area (Å²) in [5, 5.41) is 0. The molecule has 2 aromatic carbocycles. The number of rotatable bonds is 3. The van der Waals surface area contributed by atoms with E-state index in [9.17, 15) is 4.79 Å². The Morgan fingerprint density at radius 2 is 2.19 bits per heavy atom. The number of aromatic nitrogens is 1. The summed E-state index contributed by atoms with van der Waals surface area (Å²) in [7, 11) is 1.63. The molecule has 0 bridgehead atoms. The summed E-state index contributed by atoms with van der Waals surface area (Å²) in [6.45, 7) is 1.52. The second kappa shape index (κ2) is 6.93. The molecular formula is C19H18N2O4S. The fraction of sp³-hybridized carbons (Fsp3) is 0.263. The largest absolute Gasteiger partial charge is 0.497 e. The van der Waals surface area contributed by atoms with E-state index in [1.54, 1.807) is 24.1 Å². The molecule has 1 fully saturated rings. The van der Waals surface area contributed by atoms with E-state index in [1.165, 1.54) is 0 Å². The molecule has 1 aliphatic heterocycles. The van der Waals surface area contributed by atoms with Crippen LogP contribution in [0.3, 0.4) is 0 Å². The molecule has 1 aromatic heterocycles. The summed E-state index contributed by atoms with van der Waals surface area (Å²) < 4.78 is 16.6. The predicted octanol–water partition coefficient (Wildman–Crippen LogP) is 3.71. The van der Waals surface area contributed by atoms with Gasteiger partial charge in [0.15, 0.2) is 5.58 Å². The number of carbonyl (C=O) groups is 1. The molecule has 134 valence electrons. The van der Waals surface area contributed by atoms with Crippen LogP contribution in [0.1, 0.15) is 22.0 Å². The van der Waals surface area contributed by atoms with Gasteiger partial charge in [-0.25, -0.2) is 0 Å². The number of nitrogens with zero attached hydrogens (tertiary/aromatic N) is 1. The molecule has 3 aromatic rings. The SMILES string of the molecule is COc1cccc([C@@H]2CN(C(=O)c3ccc4[nH]c(=S)oc4c3)CCO2)c1. The molecule has 1 aliphatic rings. The van der Waals surface area contributed by atoms with Crippen LogP contribution >= 0.6 is 12.2 Å². The number of hydrogen-bond acceptors (Lipinski definition) is 5. The van der Waals surface area contributed by atoms with Gasteiger partial charge >= 0.3 is 0 Å². The first-order valence-corrected chi connectivity index (χ1v) is 8.72. The number of morpholine rings is 1. The number of carbonyl (C=O) groups excluding carboxylic acids is 1. The van der Waals surface area contributed by atoms with E-state index in [-0.39, 0.29) is 12.0 Å². The molecule has 7 heteroatoms. The van der Waals surface area contributed by atoms with Gasteiger partial charge in [0.25, 0.3) is 10.7 Å². The van der Waals surface area contributed by atoms with Gasteiger partial charge in [0.05, 0.1) is 25.8 Å². The van der Waals surface area contributed by atoms with Crippen molar-refractivity contribution in [3.05, 3.63) is 58.4 Å². The zero-order valence-electron chi connectivity index (χ0n) is 14.2. The number of nitrogens with one attached hydrogen (secondary N) is 1. The number of amides is 1. The molecule has 4 rings (SSSR count). The van der Waals surface area contributed by atoms with Crippen molar-refractivity contribution in [2.24, 2.45) is 0 Å². The lowest BCUT2D eigenvalue weighted by Crippen LogP contribution is -2.42. The third kappa shape index (κ3) is 3.23. The first-order valence-electron chi connectivity index (χ1n) is 8.32. The number of oxazole rings is 1. The number of hydrogen-bond donors (Lipinski definition) is 1. The molecule has 1 saturated heterocycles. The third-order valence-corrected chi connectivity index (χ3v) is 4.67. The van der Waals surface area contributed by atoms with Crippen molar-refractivity contribution in [3.8, 4) is 5.75 Å². The Kier molecular flexibility index (Phi) is 4.48. The minimum absolute atomic E-state index is 0.0505. The van der Waals surface area contributed by atoms with Gasteiger partial charge < -0.3 is 23.8 Å². The van der Waals surface area contributed by atoms with E-state index in [4.69, 9.17) is 26.1 Å². The lowest BCUT2D eigenvalue weighted by molar-refractivity contribution is -0.0228. The first-order chi connectivity index (χ1) is 12.6. The van der Waals surface area contributed by atoms with Crippen molar-refractivity contribution in [1.29, 1.82) is 0 Å². The normalized spacial score (nSPS) is 17.4. The van der Waals surface area contributed by atoms with Crippen LogP contribution in [0.15, 0.2) is 46.9 Å². The molecular weight excluding hydrogens is 352 g/mol. The van der Waals surface area contributed by atoms with Gasteiger partial charge in [-0.2, -0.15) is 0 Å². The van der Waals surface area contributed by atoms with E-state index >= 15 is 0 Å². The number of H-pyrrole nitrogens is 1. The minimum atomic E-state index is -0.178. The van der Waals surface area contributed by atoms with Crippen LogP contribution < -0.4 is 4.74 Å². The van der Waals surface area contributed by atoms with Crippen molar-refractivity contribution in [3.63, 3.8) is 0 Å². The number of fused-ring (bicyclic) bond motifs is 1. The van der Waals surface area contributed by atoms with Crippen molar-refractivity contribution < 1.29 is 18.7 Å². The van der Waals surface area contributed by atoms with Crippen LogP contribution in [-0.2, 0) is 4.74 Å². The topological polar surface area (TPSA) is 67.7 Å².